The van der Waals surface area contributed by atoms with E-state index in [9.17, 15) is 58.8 Å². The second kappa shape index (κ2) is 44.3. The number of halogens is 2. The van der Waals surface area contributed by atoms with E-state index in [1.54, 1.807) is 36.4 Å². The van der Waals surface area contributed by atoms with Crippen molar-refractivity contribution in [2.75, 3.05) is 90.8 Å². The number of amides is 4. The number of benzene rings is 6. The van der Waals surface area contributed by atoms with Crippen LogP contribution in [0.25, 0.3) is 66.8 Å². The van der Waals surface area contributed by atoms with Crippen LogP contribution in [-0.2, 0) is 28.5 Å². The lowest BCUT2D eigenvalue weighted by Gasteiger charge is -2.17. The van der Waals surface area contributed by atoms with Crippen molar-refractivity contribution in [3.05, 3.63) is 152 Å². The van der Waals surface area contributed by atoms with Gasteiger partial charge in [0, 0.05) is 132 Å². The Labute approximate surface area is 592 Å². The quantitative estimate of drug-likeness (QED) is 0.0100. The number of carboxylic acids is 2. The summed E-state index contributed by atoms with van der Waals surface area (Å²) in [5.41, 5.74) is 2.81. The molecule has 24 heteroatoms. The minimum Gasteiger partial charge on any atom is -0.508 e. The Morgan fingerprint density at radius 2 is 0.790 bits per heavy atom. The first kappa shape index (κ1) is 81.8. The molecule has 2 aliphatic heterocycles. The summed E-state index contributed by atoms with van der Waals surface area (Å²) in [6.07, 6.45) is 13.4. The lowest BCUT2D eigenvalue weighted by atomic mass is 9.89. The Hall–Kier alpha value is -8.90. The number of unbranched alkanes of at least 4 members (excludes halogenated alkanes) is 10. The number of aromatic hydroxyl groups is 2. The fourth-order valence-electron chi connectivity index (χ4n) is 10.9. The number of carboxylic acid groups (broad SMARTS) is 2. The third-order valence-electron chi connectivity index (χ3n) is 15.9. The van der Waals surface area contributed by atoms with Gasteiger partial charge in [-0.25, -0.2) is 9.59 Å². The minimum absolute atomic E-state index is 0. The fourth-order valence-corrected chi connectivity index (χ4v) is 11.3. The van der Waals surface area contributed by atoms with Crippen molar-refractivity contribution in [1.82, 2.24) is 21.3 Å². The zero-order chi connectivity index (χ0) is 70.0. The van der Waals surface area contributed by atoms with E-state index in [0.717, 1.165) is 64.2 Å². The van der Waals surface area contributed by atoms with Crippen LogP contribution in [0.15, 0.2) is 128 Å². The van der Waals surface area contributed by atoms with E-state index in [4.69, 9.17) is 51.0 Å². The highest BCUT2D eigenvalue weighted by atomic mass is 35.5. The van der Waals surface area contributed by atoms with E-state index in [1.807, 2.05) is 0 Å². The molecular weight excluding hydrogens is 1330 g/mol. The molecule has 0 spiro atoms. The number of hydrogen-bond acceptors (Lipinski definition) is 16. The van der Waals surface area contributed by atoms with Gasteiger partial charge in [-0.1, -0.05) is 59.4 Å². The van der Waals surface area contributed by atoms with Crippen molar-refractivity contribution in [1.29, 1.82) is 0 Å². The van der Waals surface area contributed by atoms with Crippen molar-refractivity contribution in [3.63, 3.8) is 0 Å². The van der Waals surface area contributed by atoms with Gasteiger partial charge in [-0.3, -0.25) is 28.8 Å². The second-order valence-electron chi connectivity index (χ2n) is 23.3. The summed E-state index contributed by atoms with van der Waals surface area (Å²) in [6, 6.07) is 26.1. The molecule has 0 saturated carbocycles. The molecule has 2 aliphatic carbocycles. The van der Waals surface area contributed by atoms with Crippen LogP contribution in [0.2, 0.25) is 0 Å². The Morgan fingerprint density at radius 3 is 1.25 bits per heavy atom. The van der Waals surface area contributed by atoms with Crippen LogP contribution in [0.1, 0.15) is 159 Å². The van der Waals surface area contributed by atoms with Crippen molar-refractivity contribution in [2.24, 2.45) is 0 Å². The molecule has 8 N–H and O–H groups in total. The van der Waals surface area contributed by atoms with E-state index in [0.29, 0.717) is 168 Å². The number of carbonyl (C=O) groups excluding carboxylic acids is 4. The van der Waals surface area contributed by atoms with Gasteiger partial charge >= 0.3 is 11.9 Å². The lowest BCUT2D eigenvalue weighted by Crippen LogP contribution is -2.27. The number of phenolic OH excluding ortho intramolecular Hbond substituents is 2. The second-order valence-corrected chi connectivity index (χ2v) is 24.0. The highest BCUT2D eigenvalue weighted by molar-refractivity contribution is 6.18. The predicted octanol–water partition coefficient (Wildman–Crippen LogP) is 13.7. The zero-order valence-electron chi connectivity index (χ0n) is 54.9. The van der Waals surface area contributed by atoms with E-state index >= 15 is 0 Å². The van der Waals surface area contributed by atoms with Crippen LogP contribution in [0.4, 0.5) is 0 Å². The number of aromatic carboxylic acids is 2. The van der Waals surface area contributed by atoms with Crippen LogP contribution in [-0.4, -0.2) is 147 Å². The predicted molar refractivity (Wildman–Crippen MR) is 389 cm³/mol. The maximum absolute atomic E-state index is 13.1. The molecule has 4 aromatic rings. The van der Waals surface area contributed by atoms with Crippen LogP contribution >= 0.6 is 23.2 Å². The molecule has 4 amide bonds. The van der Waals surface area contributed by atoms with Crippen LogP contribution in [0.5, 0.6) is 11.5 Å². The normalized spacial score (nSPS) is 11.0. The fraction of sp³-hybridized carbons (Fsp3) is 0.421. The number of carbonyl (C=O) groups is 6. The molecule has 0 atom stereocenters. The number of phenols is 2. The van der Waals surface area contributed by atoms with Gasteiger partial charge in [0.1, 0.15) is 34.2 Å². The molecule has 100 heavy (non-hydrogen) atoms. The molecule has 0 fully saturated rings. The van der Waals surface area contributed by atoms with Crippen LogP contribution in [0.3, 0.4) is 0 Å². The molecule has 0 aromatic heterocycles. The van der Waals surface area contributed by atoms with Gasteiger partial charge in [0.05, 0.1) is 50.8 Å². The van der Waals surface area contributed by atoms with E-state index < -0.39 is 17.8 Å². The molecule has 22 nitrogen and oxygen atoms in total. The van der Waals surface area contributed by atoms with Crippen molar-refractivity contribution in [3.8, 4) is 56.4 Å². The zero-order valence-corrected chi connectivity index (χ0v) is 56.4. The molecule has 0 radical (unpaired) electrons. The van der Waals surface area contributed by atoms with Gasteiger partial charge in [0.25, 0.3) is 11.8 Å². The van der Waals surface area contributed by atoms with E-state index in [2.05, 4.69) is 21.3 Å². The first-order chi connectivity index (χ1) is 47.6. The molecule has 0 saturated heterocycles. The largest absolute Gasteiger partial charge is 0.508 e. The first-order valence-corrected chi connectivity index (χ1v) is 34.3. The Morgan fingerprint density at radius 1 is 0.380 bits per heavy atom. The molecule has 2 heterocycles. The van der Waals surface area contributed by atoms with Gasteiger partial charge in [0.15, 0.2) is 10.9 Å². The molecule has 4 aromatic carbocycles. The van der Waals surface area contributed by atoms with Gasteiger partial charge in [-0.2, -0.15) is 0 Å². The lowest BCUT2D eigenvalue weighted by molar-refractivity contribution is -0.122. The summed E-state index contributed by atoms with van der Waals surface area (Å²) in [6.45, 7) is 5.91. The average molecular weight is 1420 g/mol. The topological polar surface area (TPSA) is 329 Å². The Balaban J connectivity index is 0.000000353. The standard InChI is InChI=1S/2C37H43ClN2O9.2CH4/c38-15-5-1-2-7-18-47-20-21-48-19-17-39-34(43)8-4-3-6-16-40-36(44)25-9-12-28(37(45)46)31(22-25)35-29-13-10-26(41)23-32(29)49-33-24-27(42)11-14-30(33)35;38-15-5-1-2-7-18-47-20-21-48-19-17-39-34(43)8-4-3-6-16-40-36(44)25-9-12-28(31(22-25)37(45)46)35-29-13-10-26(41)23-32(29)49-33-24-27(42)11-14-30(33)35;;/h2*9-14,22-24,41H,1-8,15-21H2,(H,39,43)(H,40,44)(H,45,46);2*1H4. The summed E-state index contributed by atoms with van der Waals surface area (Å²) < 4.78 is 33.8. The van der Waals surface area contributed by atoms with Crippen molar-refractivity contribution >= 4 is 80.7 Å². The van der Waals surface area contributed by atoms with E-state index in [-0.39, 0.29) is 105 Å². The molecule has 8 rings (SSSR count). The third-order valence-corrected chi connectivity index (χ3v) is 16.4. The molecule has 4 aliphatic rings. The number of alkyl halides is 2. The highest BCUT2D eigenvalue weighted by Crippen LogP contribution is 2.44. The summed E-state index contributed by atoms with van der Waals surface area (Å²) >= 11 is 11.3. The molecule has 540 valence electrons. The Bertz CT molecular complexity index is 3990. The maximum Gasteiger partial charge on any atom is 0.336 e. The first-order valence-electron chi connectivity index (χ1n) is 33.2. The number of ether oxygens (including phenoxy) is 4. The monoisotopic (exact) mass is 1420 g/mol. The smallest absolute Gasteiger partial charge is 0.336 e. The molecule has 0 unspecified atom stereocenters. The van der Waals surface area contributed by atoms with Gasteiger partial charge in [-0.15, -0.1) is 23.2 Å². The van der Waals surface area contributed by atoms with Crippen molar-refractivity contribution < 1.29 is 77.0 Å². The molecule has 0 bridgehead atoms. The van der Waals surface area contributed by atoms with Gasteiger partial charge in [-0.05, 0) is 141 Å². The summed E-state index contributed by atoms with van der Waals surface area (Å²) in [4.78, 5) is 99.1. The third kappa shape index (κ3) is 26.0. The SMILES string of the molecule is C.C.O=C(CCCCCNC(=O)c1ccc(-c2c3ccc(=O)cc-3oc3cc(O)ccc23)c(C(=O)O)c1)NCCOCCOCCCCCCCl.O=C(CCCCCNC(=O)c1ccc(C(=O)O)c(-c2c3ccc(=O)cc-3oc3cc(O)ccc23)c1)NCCOCCOCCCCCCCl. The minimum atomic E-state index is -1.23. The summed E-state index contributed by atoms with van der Waals surface area (Å²) in [7, 11) is 0. The number of rotatable bonds is 42. The Kier molecular flexibility index (Phi) is 36.2. The van der Waals surface area contributed by atoms with Gasteiger partial charge in [0.2, 0.25) is 11.8 Å². The number of fused-ring (bicyclic) bond motifs is 4. The maximum atomic E-state index is 13.1. The van der Waals surface area contributed by atoms with Gasteiger partial charge < -0.3 is 69.5 Å². The summed E-state index contributed by atoms with van der Waals surface area (Å²) in [5, 5.41) is 52.6. The average Bonchev–Trinajstić information content (AvgIpc) is 0.756. The molecular formula is C76H94Cl2N4O18. The summed E-state index contributed by atoms with van der Waals surface area (Å²) in [5.74, 6) is -1.57. The number of nitrogens with one attached hydrogen (secondary N) is 4. The number of hydrogen-bond donors (Lipinski definition) is 8. The highest BCUT2D eigenvalue weighted by Gasteiger charge is 2.26. The van der Waals surface area contributed by atoms with E-state index in [1.165, 1.54) is 72.8 Å². The van der Waals surface area contributed by atoms with Crippen LogP contribution in [0, 0.1) is 0 Å². The van der Waals surface area contributed by atoms with Crippen LogP contribution < -0.4 is 32.1 Å². The van der Waals surface area contributed by atoms with Crippen molar-refractivity contribution in [2.45, 2.75) is 118 Å².